The molecule has 3 nitrogen and oxygen atoms in total. The van der Waals surface area contributed by atoms with Crippen molar-refractivity contribution in [3.8, 4) is 0 Å². The van der Waals surface area contributed by atoms with Crippen LogP contribution in [0.1, 0.15) is 12.8 Å². The zero-order valence-electron chi connectivity index (χ0n) is 9.77. The van der Waals surface area contributed by atoms with Crippen LogP contribution >= 0.6 is 23.2 Å². The van der Waals surface area contributed by atoms with Gasteiger partial charge >= 0.3 is 0 Å². The minimum Gasteiger partial charge on any atom is -0.395 e. The first kappa shape index (κ1) is 16.9. The van der Waals surface area contributed by atoms with E-state index in [2.05, 4.69) is 13.2 Å². The highest BCUT2D eigenvalue weighted by molar-refractivity contribution is 6.21. The molecule has 0 radical (unpaired) electrons. The second-order valence-electron chi connectivity index (χ2n) is 3.66. The molecule has 0 fully saturated rings. The summed E-state index contributed by atoms with van der Waals surface area (Å²) >= 11 is 11.9. The van der Waals surface area contributed by atoms with E-state index in [1.807, 2.05) is 0 Å². The average molecular weight is 283 g/mol. The zero-order chi connectivity index (χ0) is 13.3. The first-order valence-corrected chi connectivity index (χ1v) is 6.35. The third-order valence-electron chi connectivity index (χ3n) is 2.30. The second-order valence-corrected chi connectivity index (χ2v) is 4.78. The first-order valence-electron chi connectivity index (χ1n) is 5.47. The number of halogens is 2. The predicted molar refractivity (Wildman–Crippen MR) is 71.7 cm³/mol. The van der Waals surface area contributed by atoms with Gasteiger partial charge in [-0.1, -0.05) is 12.2 Å². The van der Waals surface area contributed by atoms with Crippen LogP contribution in [0.4, 0.5) is 0 Å². The van der Waals surface area contributed by atoms with Gasteiger partial charge in [0.25, 0.3) is 0 Å². The lowest BCUT2D eigenvalue weighted by molar-refractivity contribution is -0.0249. The lowest BCUT2D eigenvalue weighted by Gasteiger charge is -2.28. The van der Waals surface area contributed by atoms with Gasteiger partial charge in [0.1, 0.15) is 0 Å². The van der Waals surface area contributed by atoms with Crippen LogP contribution in [0.15, 0.2) is 25.3 Å². The summed E-state index contributed by atoms with van der Waals surface area (Å²) in [5, 5.41) is 17.0. The lowest BCUT2D eigenvalue weighted by Crippen LogP contribution is -2.36. The van der Waals surface area contributed by atoms with Gasteiger partial charge < -0.3 is 14.9 Å². The molecule has 0 spiro atoms. The number of aliphatic hydroxyl groups excluding tert-OH is 2. The van der Waals surface area contributed by atoms with Crippen molar-refractivity contribution >= 4 is 23.2 Å². The number of aliphatic hydroxyl groups is 2. The SMILES string of the molecule is C=CCC(OC(CC=C)C(Cl)CO)C(Cl)CO. The lowest BCUT2D eigenvalue weighted by atomic mass is 10.1. The Balaban J connectivity index is 4.53. The van der Waals surface area contributed by atoms with E-state index < -0.39 is 10.8 Å². The van der Waals surface area contributed by atoms with E-state index in [1.54, 1.807) is 12.2 Å². The van der Waals surface area contributed by atoms with Gasteiger partial charge in [-0.05, 0) is 12.8 Å². The van der Waals surface area contributed by atoms with Gasteiger partial charge in [0.05, 0.1) is 36.2 Å². The quantitative estimate of drug-likeness (QED) is 0.477. The van der Waals surface area contributed by atoms with Crippen molar-refractivity contribution in [2.45, 2.75) is 35.8 Å². The number of rotatable bonds is 10. The fourth-order valence-corrected chi connectivity index (χ4v) is 1.69. The molecule has 0 aromatic heterocycles. The Labute approximate surface area is 113 Å². The average Bonchev–Trinajstić information content (AvgIpc) is 2.35. The van der Waals surface area contributed by atoms with Crippen LogP contribution in [0, 0.1) is 0 Å². The molecule has 0 aliphatic carbocycles. The van der Waals surface area contributed by atoms with Crippen molar-refractivity contribution in [2.75, 3.05) is 13.2 Å². The van der Waals surface area contributed by atoms with Gasteiger partial charge in [-0.2, -0.15) is 0 Å². The van der Waals surface area contributed by atoms with Crippen LogP contribution in [0.25, 0.3) is 0 Å². The molecule has 2 N–H and O–H groups in total. The molecule has 5 heteroatoms. The molecule has 17 heavy (non-hydrogen) atoms. The predicted octanol–water partition coefficient (Wildman–Crippen LogP) is 2.09. The fourth-order valence-electron chi connectivity index (χ4n) is 1.37. The highest BCUT2D eigenvalue weighted by atomic mass is 35.5. The van der Waals surface area contributed by atoms with Gasteiger partial charge in [-0.3, -0.25) is 0 Å². The van der Waals surface area contributed by atoms with Crippen LogP contribution in [-0.4, -0.2) is 46.4 Å². The number of hydrogen-bond acceptors (Lipinski definition) is 3. The molecule has 0 saturated carbocycles. The summed E-state index contributed by atoms with van der Waals surface area (Å²) in [6.45, 7) is 6.85. The van der Waals surface area contributed by atoms with Crippen molar-refractivity contribution in [3.05, 3.63) is 25.3 Å². The minimum absolute atomic E-state index is 0.188. The maximum atomic E-state index is 9.02. The standard InChI is InChI=1S/C12H20Cl2O3/c1-3-5-11(9(13)7-15)17-12(6-4-2)10(14)8-16/h3-4,9-12,15-16H,1-2,5-8H2. The first-order chi connectivity index (χ1) is 8.10. The van der Waals surface area contributed by atoms with Crippen molar-refractivity contribution in [3.63, 3.8) is 0 Å². The van der Waals surface area contributed by atoms with Gasteiger partial charge in [-0.25, -0.2) is 0 Å². The summed E-state index contributed by atoms with van der Waals surface area (Å²) in [4.78, 5) is 0. The molecule has 0 amide bonds. The van der Waals surface area contributed by atoms with E-state index >= 15 is 0 Å². The highest BCUT2D eigenvalue weighted by Crippen LogP contribution is 2.19. The molecular weight excluding hydrogens is 263 g/mol. The Bertz CT molecular complexity index is 202. The Morgan fingerprint density at radius 2 is 1.29 bits per heavy atom. The summed E-state index contributed by atoms with van der Waals surface area (Å²) < 4.78 is 5.71. The Morgan fingerprint density at radius 1 is 0.941 bits per heavy atom. The molecule has 0 saturated heterocycles. The van der Waals surface area contributed by atoms with Crippen molar-refractivity contribution < 1.29 is 14.9 Å². The maximum Gasteiger partial charge on any atom is 0.0831 e. The Kier molecular flexibility index (Phi) is 9.88. The molecule has 4 atom stereocenters. The fraction of sp³-hybridized carbons (Fsp3) is 0.667. The van der Waals surface area contributed by atoms with E-state index in [4.69, 9.17) is 38.2 Å². The molecular formula is C12H20Cl2O3. The third-order valence-corrected chi connectivity index (χ3v) is 3.14. The molecule has 0 aliphatic rings. The van der Waals surface area contributed by atoms with E-state index in [9.17, 15) is 0 Å². The maximum absolute atomic E-state index is 9.02. The highest BCUT2D eigenvalue weighted by Gasteiger charge is 2.26. The Hall–Kier alpha value is -0.0600. The second kappa shape index (κ2) is 9.92. The number of alkyl halides is 2. The number of hydrogen-bond donors (Lipinski definition) is 2. The number of ether oxygens (including phenoxy) is 1. The molecule has 0 bridgehead atoms. The third kappa shape index (κ3) is 6.43. The normalized spacial score (nSPS) is 18.1. The summed E-state index contributed by atoms with van der Waals surface area (Å²) in [6.07, 6.45) is 3.61. The van der Waals surface area contributed by atoms with Crippen molar-refractivity contribution in [2.24, 2.45) is 0 Å². The van der Waals surface area contributed by atoms with Crippen LogP contribution in [-0.2, 0) is 4.74 Å². The molecule has 0 aliphatic heterocycles. The monoisotopic (exact) mass is 282 g/mol. The van der Waals surface area contributed by atoms with Crippen molar-refractivity contribution in [1.29, 1.82) is 0 Å². The summed E-state index contributed by atoms with van der Waals surface area (Å²) in [5.41, 5.74) is 0. The molecule has 100 valence electrons. The molecule has 0 rings (SSSR count). The van der Waals surface area contributed by atoms with E-state index in [0.29, 0.717) is 12.8 Å². The zero-order valence-corrected chi connectivity index (χ0v) is 11.3. The molecule has 0 aromatic carbocycles. The van der Waals surface area contributed by atoms with Gasteiger partial charge in [0, 0.05) is 0 Å². The molecule has 0 aromatic rings. The van der Waals surface area contributed by atoms with Gasteiger partial charge in [0.2, 0.25) is 0 Å². The van der Waals surface area contributed by atoms with Crippen LogP contribution in [0.3, 0.4) is 0 Å². The largest absolute Gasteiger partial charge is 0.395 e. The smallest absolute Gasteiger partial charge is 0.0831 e. The van der Waals surface area contributed by atoms with Crippen LogP contribution in [0.2, 0.25) is 0 Å². The van der Waals surface area contributed by atoms with Crippen LogP contribution < -0.4 is 0 Å². The topological polar surface area (TPSA) is 49.7 Å². The van der Waals surface area contributed by atoms with Gasteiger partial charge in [-0.15, -0.1) is 36.4 Å². The summed E-state index contributed by atoms with van der Waals surface area (Å²) in [7, 11) is 0. The van der Waals surface area contributed by atoms with Crippen LogP contribution in [0.5, 0.6) is 0 Å². The van der Waals surface area contributed by atoms with Gasteiger partial charge in [0.15, 0.2) is 0 Å². The van der Waals surface area contributed by atoms with E-state index in [0.717, 1.165) is 0 Å². The summed E-state index contributed by atoms with van der Waals surface area (Å²) in [6, 6.07) is 0. The van der Waals surface area contributed by atoms with E-state index in [-0.39, 0.29) is 25.4 Å². The van der Waals surface area contributed by atoms with Crippen molar-refractivity contribution in [1.82, 2.24) is 0 Å². The minimum atomic E-state index is -0.525. The molecule has 4 unspecified atom stereocenters. The van der Waals surface area contributed by atoms with E-state index in [1.165, 1.54) is 0 Å². The Morgan fingerprint density at radius 3 is 1.53 bits per heavy atom. The molecule has 0 heterocycles. The summed E-state index contributed by atoms with van der Waals surface area (Å²) in [5.74, 6) is 0.